The van der Waals surface area contributed by atoms with Gasteiger partial charge in [0.05, 0.1) is 17.1 Å². The molecule has 1 atom stereocenters. The van der Waals surface area contributed by atoms with E-state index in [0.717, 1.165) is 23.5 Å². The molecule has 0 aromatic carbocycles. The zero-order valence-electron chi connectivity index (χ0n) is 14.2. The van der Waals surface area contributed by atoms with Crippen molar-refractivity contribution in [2.45, 2.75) is 39.3 Å². The number of rotatable bonds is 4. The van der Waals surface area contributed by atoms with E-state index in [-0.39, 0.29) is 0 Å². The summed E-state index contributed by atoms with van der Waals surface area (Å²) in [5, 5.41) is 10.7. The zero-order chi connectivity index (χ0) is 16.7. The summed E-state index contributed by atoms with van der Waals surface area (Å²) in [5.41, 5.74) is 3.72. The van der Waals surface area contributed by atoms with Gasteiger partial charge in [0.15, 0.2) is 0 Å². The Hall–Kier alpha value is -1.99. The van der Waals surface area contributed by atoms with Crippen LogP contribution in [0.25, 0.3) is 10.7 Å². The Kier molecular flexibility index (Phi) is 3.97. The lowest BCUT2D eigenvalue weighted by Crippen LogP contribution is -2.23. The van der Waals surface area contributed by atoms with Gasteiger partial charge in [-0.25, -0.2) is 0 Å². The third kappa shape index (κ3) is 2.67. The van der Waals surface area contributed by atoms with E-state index in [1.165, 1.54) is 17.7 Å². The lowest BCUT2D eigenvalue weighted by atomic mass is 10.0. The maximum Gasteiger partial charge on any atom is 0.241 e. The van der Waals surface area contributed by atoms with Crippen LogP contribution in [0.4, 0.5) is 0 Å². The molecule has 0 spiro atoms. The van der Waals surface area contributed by atoms with Crippen LogP contribution in [0.5, 0.6) is 0 Å². The molecule has 6 nitrogen and oxygen atoms in total. The Morgan fingerprint density at radius 2 is 2.25 bits per heavy atom. The van der Waals surface area contributed by atoms with Gasteiger partial charge in [0.1, 0.15) is 0 Å². The fourth-order valence-electron chi connectivity index (χ4n) is 3.61. The van der Waals surface area contributed by atoms with Crippen LogP contribution in [-0.2, 0) is 13.6 Å². The van der Waals surface area contributed by atoms with Gasteiger partial charge >= 0.3 is 0 Å². The molecule has 7 heteroatoms. The van der Waals surface area contributed by atoms with E-state index < -0.39 is 0 Å². The van der Waals surface area contributed by atoms with Crippen molar-refractivity contribution in [2.75, 3.05) is 6.54 Å². The molecule has 1 saturated heterocycles. The quantitative estimate of drug-likeness (QED) is 0.726. The molecule has 4 rings (SSSR count). The van der Waals surface area contributed by atoms with Crippen LogP contribution in [-0.4, -0.2) is 31.4 Å². The van der Waals surface area contributed by atoms with Gasteiger partial charge in [0.2, 0.25) is 11.7 Å². The van der Waals surface area contributed by atoms with Gasteiger partial charge in [-0.05, 0) is 44.7 Å². The molecule has 126 valence electrons. The molecule has 0 unspecified atom stereocenters. The molecule has 3 aromatic heterocycles. The van der Waals surface area contributed by atoms with Crippen LogP contribution in [0.3, 0.4) is 0 Å². The molecule has 1 fully saturated rings. The molecule has 1 aliphatic rings. The molecule has 0 saturated carbocycles. The molecular formula is C17H21N5OS. The van der Waals surface area contributed by atoms with Crippen molar-refractivity contribution >= 4 is 11.3 Å². The minimum absolute atomic E-state index is 0.385. The molecular weight excluding hydrogens is 322 g/mol. The second kappa shape index (κ2) is 6.14. The Bertz CT molecular complexity index is 835. The summed E-state index contributed by atoms with van der Waals surface area (Å²) in [4.78, 5) is 8.04. The third-order valence-electron chi connectivity index (χ3n) is 4.81. The summed E-state index contributed by atoms with van der Waals surface area (Å²) in [6, 6.07) is 4.40. The Labute approximate surface area is 145 Å². The summed E-state index contributed by atoms with van der Waals surface area (Å²) >= 11 is 1.63. The topological polar surface area (TPSA) is 60.0 Å². The minimum atomic E-state index is 0.385. The summed E-state index contributed by atoms with van der Waals surface area (Å²) in [6.07, 6.45) is 2.34. The first kappa shape index (κ1) is 15.5. The van der Waals surface area contributed by atoms with E-state index in [9.17, 15) is 0 Å². The van der Waals surface area contributed by atoms with Crippen molar-refractivity contribution in [2.24, 2.45) is 7.05 Å². The van der Waals surface area contributed by atoms with Crippen molar-refractivity contribution in [3.8, 4) is 10.7 Å². The predicted octanol–water partition coefficient (Wildman–Crippen LogP) is 3.49. The number of nitrogens with zero attached hydrogens (tertiary/aromatic N) is 5. The molecule has 24 heavy (non-hydrogen) atoms. The molecule has 3 aromatic rings. The van der Waals surface area contributed by atoms with Gasteiger partial charge in [0, 0.05) is 24.3 Å². The zero-order valence-corrected chi connectivity index (χ0v) is 15.0. The second-order valence-electron chi connectivity index (χ2n) is 6.33. The van der Waals surface area contributed by atoms with Crippen LogP contribution in [0.2, 0.25) is 0 Å². The molecule has 0 bridgehead atoms. The Balaban J connectivity index is 1.56. The van der Waals surface area contributed by atoms with Crippen molar-refractivity contribution in [3.05, 3.63) is 40.4 Å². The predicted molar refractivity (Wildman–Crippen MR) is 92.7 cm³/mol. The maximum absolute atomic E-state index is 5.48. The highest BCUT2D eigenvalue weighted by atomic mass is 32.1. The molecule has 0 aliphatic carbocycles. The number of aryl methyl sites for hydroxylation is 2. The lowest BCUT2D eigenvalue weighted by Gasteiger charge is -2.23. The van der Waals surface area contributed by atoms with Crippen molar-refractivity contribution in [1.29, 1.82) is 0 Å². The standard InChI is InChI=1S/C17H21N5OS/c1-11-16(12(2)21(3)19-11)13-6-4-8-22(13)10-15-18-17(20-23-15)14-7-5-9-24-14/h5,7,9,13H,4,6,8,10H2,1-3H3/t13-/m0/s1. The average Bonchev–Trinajstić information content (AvgIpc) is 3.30. The van der Waals surface area contributed by atoms with Crippen LogP contribution in [0.15, 0.2) is 22.0 Å². The summed E-state index contributed by atoms with van der Waals surface area (Å²) in [7, 11) is 2.01. The molecule has 4 heterocycles. The number of aromatic nitrogens is 4. The second-order valence-corrected chi connectivity index (χ2v) is 7.27. The van der Waals surface area contributed by atoms with E-state index in [2.05, 4.69) is 34.0 Å². The minimum Gasteiger partial charge on any atom is -0.338 e. The van der Waals surface area contributed by atoms with E-state index in [0.29, 0.717) is 24.3 Å². The summed E-state index contributed by atoms with van der Waals surface area (Å²) < 4.78 is 7.46. The summed E-state index contributed by atoms with van der Waals surface area (Å²) in [6.45, 7) is 5.99. The van der Waals surface area contributed by atoms with Gasteiger partial charge in [-0.15, -0.1) is 11.3 Å². The van der Waals surface area contributed by atoms with Crippen LogP contribution >= 0.6 is 11.3 Å². The number of likely N-dealkylation sites (tertiary alicyclic amines) is 1. The van der Waals surface area contributed by atoms with Crippen molar-refractivity contribution < 1.29 is 4.52 Å². The van der Waals surface area contributed by atoms with Gasteiger partial charge < -0.3 is 4.52 Å². The van der Waals surface area contributed by atoms with Gasteiger partial charge in [-0.2, -0.15) is 10.1 Å². The Morgan fingerprint density at radius 3 is 2.96 bits per heavy atom. The fourth-order valence-corrected chi connectivity index (χ4v) is 4.26. The fraction of sp³-hybridized carbons (Fsp3) is 0.471. The largest absolute Gasteiger partial charge is 0.338 e. The van der Waals surface area contributed by atoms with Crippen LogP contribution < -0.4 is 0 Å². The lowest BCUT2D eigenvalue weighted by molar-refractivity contribution is 0.211. The van der Waals surface area contributed by atoms with Gasteiger partial charge in [-0.3, -0.25) is 9.58 Å². The third-order valence-corrected chi connectivity index (χ3v) is 5.68. The highest BCUT2D eigenvalue weighted by molar-refractivity contribution is 7.13. The Morgan fingerprint density at radius 1 is 1.38 bits per heavy atom. The first-order chi connectivity index (χ1) is 11.6. The number of hydrogen-bond acceptors (Lipinski definition) is 6. The first-order valence-electron chi connectivity index (χ1n) is 8.24. The van der Waals surface area contributed by atoms with Crippen molar-refractivity contribution in [3.63, 3.8) is 0 Å². The van der Waals surface area contributed by atoms with Gasteiger partial charge in [0.25, 0.3) is 0 Å². The highest BCUT2D eigenvalue weighted by Gasteiger charge is 2.31. The van der Waals surface area contributed by atoms with Crippen LogP contribution in [0.1, 0.15) is 41.7 Å². The SMILES string of the molecule is Cc1nn(C)c(C)c1[C@@H]1CCCN1Cc1nc(-c2cccs2)no1. The first-order valence-corrected chi connectivity index (χ1v) is 9.12. The molecule has 0 N–H and O–H groups in total. The number of hydrogen-bond donors (Lipinski definition) is 0. The van der Waals surface area contributed by atoms with Gasteiger partial charge in [-0.1, -0.05) is 11.2 Å². The highest BCUT2D eigenvalue weighted by Crippen LogP contribution is 2.36. The monoisotopic (exact) mass is 343 g/mol. The molecule has 1 aliphatic heterocycles. The average molecular weight is 343 g/mol. The van der Waals surface area contributed by atoms with Crippen molar-refractivity contribution in [1.82, 2.24) is 24.8 Å². The smallest absolute Gasteiger partial charge is 0.241 e. The normalized spacial score (nSPS) is 18.5. The summed E-state index contributed by atoms with van der Waals surface area (Å²) in [5.74, 6) is 1.37. The van der Waals surface area contributed by atoms with E-state index in [1.54, 1.807) is 11.3 Å². The van der Waals surface area contributed by atoms with E-state index in [1.807, 2.05) is 29.2 Å². The maximum atomic E-state index is 5.48. The molecule has 0 amide bonds. The molecule has 0 radical (unpaired) electrons. The number of thiophene rings is 1. The van der Waals surface area contributed by atoms with Crippen LogP contribution in [0, 0.1) is 13.8 Å². The van der Waals surface area contributed by atoms with E-state index in [4.69, 9.17) is 4.52 Å². The van der Waals surface area contributed by atoms with E-state index >= 15 is 0 Å².